The van der Waals surface area contributed by atoms with Crippen molar-refractivity contribution < 1.29 is 4.74 Å². The Kier molecular flexibility index (Phi) is 8.01. The van der Waals surface area contributed by atoms with Gasteiger partial charge in [-0.1, -0.05) is 12.1 Å². The van der Waals surface area contributed by atoms with E-state index in [9.17, 15) is 0 Å². The largest absolute Gasteiger partial charge is 0.497 e. The van der Waals surface area contributed by atoms with Gasteiger partial charge in [0.2, 0.25) is 0 Å². The highest BCUT2D eigenvalue weighted by molar-refractivity contribution is 5.79. The smallest absolute Gasteiger partial charge is 0.191 e. The molecule has 6 nitrogen and oxygen atoms in total. The monoisotopic (exact) mass is 347 g/mol. The molecule has 0 spiro atoms. The summed E-state index contributed by atoms with van der Waals surface area (Å²) < 4.78 is 5.27. The van der Waals surface area contributed by atoms with Crippen LogP contribution in [0.15, 0.2) is 29.3 Å². The van der Waals surface area contributed by atoms with Crippen molar-refractivity contribution >= 4 is 5.96 Å². The first-order chi connectivity index (χ1) is 12.1. The number of rotatable bonds is 7. The van der Waals surface area contributed by atoms with Gasteiger partial charge in [-0.05, 0) is 38.6 Å². The average molecular weight is 348 g/mol. The maximum Gasteiger partial charge on any atom is 0.191 e. The zero-order chi connectivity index (χ0) is 18.1. The van der Waals surface area contributed by atoms with Crippen molar-refractivity contribution in [3.05, 3.63) is 29.8 Å². The lowest BCUT2D eigenvalue weighted by Crippen LogP contribution is -2.52. The van der Waals surface area contributed by atoms with Crippen LogP contribution in [0.1, 0.15) is 19.4 Å². The molecule has 1 fully saturated rings. The Morgan fingerprint density at radius 3 is 2.68 bits per heavy atom. The summed E-state index contributed by atoms with van der Waals surface area (Å²) in [7, 11) is 3.88. The van der Waals surface area contributed by atoms with E-state index in [-0.39, 0.29) is 0 Å². The molecule has 0 amide bonds. The minimum Gasteiger partial charge on any atom is -0.497 e. The summed E-state index contributed by atoms with van der Waals surface area (Å²) >= 11 is 0. The molecule has 0 aromatic heterocycles. The molecular weight excluding hydrogens is 314 g/mol. The number of ether oxygens (including phenoxy) is 1. The van der Waals surface area contributed by atoms with Crippen molar-refractivity contribution in [1.29, 1.82) is 0 Å². The van der Waals surface area contributed by atoms with Crippen molar-refractivity contribution in [2.45, 2.75) is 26.4 Å². The molecule has 1 aliphatic rings. The predicted molar refractivity (Wildman–Crippen MR) is 104 cm³/mol. The van der Waals surface area contributed by atoms with Crippen molar-refractivity contribution in [2.24, 2.45) is 4.99 Å². The van der Waals surface area contributed by atoms with Gasteiger partial charge in [-0.3, -0.25) is 4.90 Å². The lowest BCUT2D eigenvalue weighted by Gasteiger charge is -2.36. The third-order valence-corrected chi connectivity index (χ3v) is 4.62. The molecule has 1 aromatic carbocycles. The van der Waals surface area contributed by atoms with Crippen molar-refractivity contribution in [3.8, 4) is 5.75 Å². The quantitative estimate of drug-likeness (QED) is 0.577. The lowest BCUT2D eigenvalue weighted by atomic mass is 10.2. The number of likely N-dealkylation sites (N-methyl/N-ethyl adjacent to an activating group) is 1. The summed E-state index contributed by atoms with van der Waals surface area (Å²) in [6.07, 6.45) is 0. The summed E-state index contributed by atoms with van der Waals surface area (Å²) in [4.78, 5) is 9.63. The summed E-state index contributed by atoms with van der Waals surface area (Å²) in [6, 6.07) is 8.55. The van der Waals surface area contributed by atoms with Crippen LogP contribution in [0.4, 0.5) is 0 Å². The molecule has 140 valence electrons. The Morgan fingerprint density at radius 2 is 2.00 bits per heavy atom. The first kappa shape index (κ1) is 19.5. The number of nitrogens with zero attached hydrogens (tertiary/aromatic N) is 3. The lowest BCUT2D eigenvalue weighted by molar-refractivity contribution is 0.120. The third-order valence-electron chi connectivity index (χ3n) is 4.62. The van der Waals surface area contributed by atoms with Crippen LogP contribution in [0, 0.1) is 0 Å². The Labute approximate surface area is 152 Å². The van der Waals surface area contributed by atoms with Crippen LogP contribution in [0.3, 0.4) is 0 Å². The van der Waals surface area contributed by atoms with Gasteiger partial charge in [0.05, 0.1) is 13.7 Å². The maximum absolute atomic E-state index is 5.27. The standard InChI is InChI=1S/C19H33N5O/c1-5-20-19(22-15-17-7-6-8-18(13-17)25-4)21-14-16(2)24-11-9-23(3)10-12-24/h6-8,13,16H,5,9-12,14-15H2,1-4H3,(H2,20,21,22). The highest BCUT2D eigenvalue weighted by atomic mass is 16.5. The molecule has 1 heterocycles. The van der Waals surface area contributed by atoms with E-state index in [1.165, 1.54) is 0 Å². The zero-order valence-electron chi connectivity index (χ0n) is 16.1. The molecule has 1 aliphatic heterocycles. The number of guanidine groups is 1. The molecule has 0 radical (unpaired) electrons. The highest BCUT2D eigenvalue weighted by Crippen LogP contribution is 2.13. The number of methoxy groups -OCH3 is 1. The maximum atomic E-state index is 5.27. The zero-order valence-corrected chi connectivity index (χ0v) is 16.1. The molecule has 6 heteroatoms. The van der Waals surface area contributed by atoms with Crippen molar-refractivity contribution in [1.82, 2.24) is 20.4 Å². The van der Waals surface area contributed by atoms with E-state index in [0.717, 1.165) is 56.5 Å². The summed E-state index contributed by atoms with van der Waals surface area (Å²) in [5.74, 6) is 1.74. The number of hydrogen-bond donors (Lipinski definition) is 2. The van der Waals surface area contributed by atoms with E-state index < -0.39 is 0 Å². The molecule has 0 aliphatic carbocycles. The molecule has 2 rings (SSSR count). The van der Waals surface area contributed by atoms with Gasteiger partial charge in [-0.15, -0.1) is 0 Å². The van der Waals surface area contributed by atoms with Gasteiger partial charge in [0.25, 0.3) is 0 Å². The van der Waals surface area contributed by atoms with Crippen molar-refractivity contribution in [3.63, 3.8) is 0 Å². The summed E-state index contributed by atoms with van der Waals surface area (Å²) in [6.45, 7) is 11.3. The first-order valence-corrected chi connectivity index (χ1v) is 9.20. The second-order valence-corrected chi connectivity index (χ2v) is 6.62. The van der Waals surface area contributed by atoms with E-state index >= 15 is 0 Å². The van der Waals surface area contributed by atoms with Crippen LogP contribution in [0.2, 0.25) is 0 Å². The number of hydrogen-bond acceptors (Lipinski definition) is 4. The average Bonchev–Trinajstić information content (AvgIpc) is 2.64. The SMILES string of the molecule is CCNC(=NCc1cccc(OC)c1)NCC(C)N1CCN(C)CC1. The third kappa shape index (κ3) is 6.55. The van der Waals surface area contributed by atoms with Crippen LogP contribution in [0.25, 0.3) is 0 Å². The van der Waals surface area contributed by atoms with E-state index in [4.69, 9.17) is 9.73 Å². The highest BCUT2D eigenvalue weighted by Gasteiger charge is 2.18. The topological polar surface area (TPSA) is 52.1 Å². The molecule has 1 atom stereocenters. The molecule has 1 saturated heterocycles. The number of benzene rings is 1. The fourth-order valence-corrected chi connectivity index (χ4v) is 2.92. The van der Waals surface area contributed by atoms with E-state index in [2.05, 4.69) is 47.4 Å². The Hall–Kier alpha value is -1.79. The minimum atomic E-state index is 0.495. The molecule has 0 bridgehead atoms. The number of aliphatic imine (C=N–C) groups is 1. The molecular formula is C19H33N5O. The fourth-order valence-electron chi connectivity index (χ4n) is 2.92. The van der Waals surface area contributed by atoms with Crippen LogP contribution >= 0.6 is 0 Å². The molecule has 2 N–H and O–H groups in total. The van der Waals surface area contributed by atoms with E-state index in [1.807, 2.05) is 18.2 Å². The van der Waals surface area contributed by atoms with Gasteiger partial charge >= 0.3 is 0 Å². The van der Waals surface area contributed by atoms with Gasteiger partial charge in [0, 0.05) is 45.3 Å². The first-order valence-electron chi connectivity index (χ1n) is 9.20. The number of piperazine rings is 1. The second-order valence-electron chi connectivity index (χ2n) is 6.62. The van der Waals surface area contributed by atoms with Crippen LogP contribution in [0.5, 0.6) is 5.75 Å². The van der Waals surface area contributed by atoms with E-state index in [1.54, 1.807) is 7.11 Å². The summed E-state index contributed by atoms with van der Waals surface area (Å²) in [5, 5.41) is 6.81. The van der Waals surface area contributed by atoms with Gasteiger partial charge < -0.3 is 20.3 Å². The Morgan fingerprint density at radius 1 is 1.24 bits per heavy atom. The molecule has 1 aromatic rings. The van der Waals surface area contributed by atoms with Gasteiger partial charge in [-0.2, -0.15) is 0 Å². The van der Waals surface area contributed by atoms with Gasteiger partial charge in [-0.25, -0.2) is 4.99 Å². The fraction of sp³-hybridized carbons (Fsp3) is 0.632. The van der Waals surface area contributed by atoms with Crippen LogP contribution < -0.4 is 15.4 Å². The van der Waals surface area contributed by atoms with Crippen molar-refractivity contribution in [2.75, 3.05) is 53.4 Å². The predicted octanol–water partition coefficient (Wildman–Crippen LogP) is 1.39. The molecule has 1 unspecified atom stereocenters. The molecule has 0 saturated carbocycles. The van der Waals surface area contributed by atoms with Gasteiger partial charge in [0.1, 0.15) is 5.75 Å². The minimum absolute atomic E-state index is 0.495. The van der Waals surface area contributed by atoms with Gasteiger partial charge in [0.15, 0.2) is 5.96 Å². The molecule has 25 heavy (non-hydrogen) atoms. The van der Waals surface area contributed by atoms with Crippen LogP contribution in [-0.4, -0.2) is 75.2 Å². The second kappa shape index (κ2) is 10.3. The van der Waals surface area contributed by atoms with E-state index in [0.29, 0.717) is 12.6 Å². The normalized spacial score (nSPS) is 18.0. The summed E-state index contributed by atoms with van der Waals surface area (Å²) in [5.41, 5.74) is 1.14. The Balaban J connectivity index is 1.86. The Bertz CT molecular complexity index is 540. The number of nitrogens with one attached hydrogen (secondary N) is 2. The van der Waals surface area contributed by atoms with Crippen LogP contribution in [-0.2, 0) is 6.54 Å².